The Morgan fingerprint density at radius 3 is 2.78 bits per heavy atom. The highest BCUT2D eigenvalue weighted by atomic mass is 79.9. The van der Waals surface area contributed by atoms with E-state index in [4.69, 9.17) is 4.74 Å². The molecule has 0 saturated carbocycles. The summed E-state index contributed by atoms with van der Waals surface area (Å²) >= 11 is 4.86. The fraction of sp³-hybridized carbons (Fsp3) is 0.154. The van der Waals surface area contributed by atoms with Gasteiger partial charge in [0.05, 0.1) is 10.9 Å². The molecule has 1 heterocycles. The second-order valence-electron chi connectivity index (χ2n) is 3.66. The molecule has 0 aliphatic carbocycles. The highest BCUT2D eigenvalue weighted by Gasteiger charge is 2.12. The van der Waals surface area contributed by atoms with Gasteiger partial charge in [-0.2, -0.15) is 0 Å². The van der Waals surface area contributed by atoms with Crippen molar-refractivity contribution in [2.24, 2.45) is 0 Å². The van der Waals surface area contributed by atoms with E-state index in [1.165, 1.54) is 36.6 Å². The summed E-state index contributed by atoms with van der Waals surface area (Å²) in [5, 5.41) is 0. The van der Waals surface area contributed by atoms with Crippen molar-refractivity contribution in [1.29, 1.82) is 0 Å². The molecule has 2 rings (SSSR count). The molecule has 1 aromatic carbocycles. The Morgan fingerprint density at radius 2 is 2.17 bits per heavy atom. The molecule has 0 amide bonds. The van der Waals surface area contributed by atoms with E-state index in [9.17, 15) is 9.18 Å². The standard InChI is InChI=1S/C13H10BrFO2S/c1-17-12-6-8(2-4-10(12)15)11(16)7-9-3-5-13(14)18-9/h2-6H,7H2,1H3. The lowest BCUT2D eigenvalue weighted by Crippen LogP contribution is -2.03. The van der Waals surface area contributed by atoms with Crippen LogP contribution in [-0.2, 0) is 6.42 Å². The van der Waals surface area contributed by atoms with Crippen LogP contribution in [0.25, 0.3) is 0 Å². The number of carbonyl (C=O) groups is 1. The Labute approximate surface area is 117 Å². The Kier molecular flexibility index (Phi) is 4.14. The van der Waals surface area contributed by atoms with Crippen LogP contribution in [0.3, 0.4) is 0 Å². The SMILES string of the molecule is COc1cc(C(=O)Cc2ccc(Br)s2)ccc1F. The van der Waals surface area contributed by atoms with Crippen LogP contribution in [0.4, 0.5) is 4.39 Å². The Hall–Kier alpha value is -1.20. The second-order valence-corrected chi connectivity index (χ2v) is 6.20. The van der Waals surface area contributed by atoms with Gasteiger partial charge in [-0.1, -0.05) is 0 Å². The molecule has 0 radical (unpaired) electrons. The van der Waals surface area contributed by atoms with Gasteiger partial charge in [0, 0.05) is 16.9 Å². The van der Waals surface area contributed by atoms with Gasteiger partial charge in [-0.25, -0.2) is 4.39 Å². The number of Topliss-reactive ketones (excluding diaryl/α,β-unsaturated/α-hetero) is 1. The molecule has 2 aromatic rings. The van der Waals surface area contributed by atoms with E-state index in [0.29, 0.717) is 12.0 Å². The Bertz CT molecular complexity index is 580. The molecule has 0 aliphatic heterocycles. The van der Waals surface area contributed by atoms with Gasteiger partial charge in [-0.15, -0.1) is 11.3 Å². The van der Waals surface area contributed by atoms with Crippen molar-refractivity contribution >= 4 is 33.0 Å². The summed E-state index contributed by atoms with van der Waals surface area (Å²) in [7, 11) is 1.38. The molecular formula is C13H10BrFO2S. The maximum Gasteiger partial charge on any atom is 0.168 e. The van der Waals surface area contributed by atoms with E-state index in [0.717, 1.165) is 8.66 Å². The summed E-state index contributed by atoms with van der Waals surface area (Å²) in [5.74, 6) is -0.427. The third-order valence-corrected chi connectivity index (χ3v) is 4.06. The molecule has 0 spiro atoms. The van der Waals surface area contributed by atoms with Gasteiger partial charge in [-0.05, 0) is 46.3 Å². The van der Waals surface area contributed by atoms with E-state index < -0.39 is 5.82 Å². The summed E-state index contributed by atoms with van der Waals surface area (Å²) in [5.41, 5.74) is 0.456. The third kappa shape index (κ3) is 2.97. The van der Waals surface area contributed by atoms with Crippen molar-refractivity contribution in [3.05, 3.63) is 50.4 Å². The van der Waals surface area contributed by atoms with Crippen molar-refractivity contribution < 1.29 is 13.9 Å². The van der Waals surface area contributed by atoms with Crippen LogP contribution in [0.1, 0.15) is 15.2 Å². The number of rotatable bonds is 4. The largest absolute Gasteiger partial charge is 0.494 e. The Morgan fingerprint density at radius 1 is 1.39 bits per heavy atom. The molecule has 0 aliphatic rings. The van der Waals surface area contributed by atoms with Crippen LogP contribution in [-0.4, -0.2) is 12.9 Å². The first-order chi connectivity index (χ1) is 8.60. The van der Waals surface area contributed by atoms with Gasteiger partial charge < -0.3 is 4.74 Å². The van der Waals surface area contributed by atoms with Crippen molar-refractivity contribution in [3.63, 3.8) is 0 Å². The zero-order valence-corrected chi connectivity index (χ0v) is 12.0. The van der Waals surface area contributed by atoms with Crippen molar-refractivity contribution in [1.82, 2.24) is 0 Å². The summed E-state index contributed by atoms with van der Waals surface area (Å²) in [6, 6.07) is 7.95. The molecule has 0 fully saturated rings. The summed E-state index contributed by atoms with van der Waals surface area (Å²) in [6.45, 7) is 0. The fourth-order valence-corrected chi connectivity index (χ4v) is 3.02. The first-order valence-electron chi connectivity index (χ1n) is 5.21. The molecular weight excluding hydrogens is 319 g/mol. The minimum absolute atomic E-state index is 0.0531. The highest BCUT2D eigenvalue weighted by Crippen LogP contribution is 2.24. The van der Waals surface area contributed by atoms with Crippen molar-refractivity contribution in [2.45, 2.75) is 6.42 Å². The van der Waals surface area contributed by atoms with Crippen LogP contribution in [0, 0.1) is 5.82 Å². The van der Waals surface area contributed by atoms with E-state index in [1.54, 1.807) is 0 Å². The molecule has 1 aromatic heterocycles. The minimum atomic E-state index is -0.465. The highest BCUT2D eigenvalue weighted by molar-refractivity contribution is 9.11. The number of carbonyl (C=O) groups excluding carboxylic acids is 1. The lowest BCUT2D eigenvalue weighted by Gasteiger charge is -2.04. The number of ether oxygens (including phenoxy) is 1. The van der Waals surface area contributed by atoms with E-state index in [-0.39, 0.29) is 11.5 Å². The average Bonchev–Trinajstić information content (AvgIpc) is 2.75. The van der Waals surface area contributed by atoms with E-state index in [2.05, 4.69) is 15.9 Å². The lowest BCUT2D eigenvalue weighted by atomic mass is 10.1. The van der Waals surface area contributed by atoms with Gasteiger partial charge in [0.1, 0.15) is 0 Å². The second kappa shape index (κ2) is 5.63. The van der Waals surface area contributed by atoms with Crippen molar-refractivity contribution in [2.75, 3.05) is 7.11 Å². The normalized spacial score (nSPS) is 10.4. The number of benzene rings is 1. The first kappa shape index (κ1) is 13.2. The van der Waals surface area contributed by atoms with Crippen LogP contribution in [0.5, 0.6) is 5.75 Å². The number of ketones is 1. The van der Waals surface area contributed by atoms with Gasteiger partial charge in [0.25, 0.3) is 0 Å². The molecule has 0 saturated heterocycles. The van der Waals surface area contributed by atoms with Crippen LogP contribution < -0.4 is 4.74 Å². The number of halogens is 2. The molecule has 2 nitrogen and oxygen atoms in total. The van der Waals surface area contributed by atoms with Gasteiger partial charge in [0.2, 0.25) is 0 Å². The maximum absolute atomic E-state index is 13.2. The maximum atomic E-state index is 13.2. The Balaban J connectivity index is 2.18. The predicted molar refractivity (Wildman–Crippen MR) is 73.0 cm³/mol. The van der Waals surface area contributed by atoms with E-state index in [1.807, 2.05) is 12.1 Å². The van der Waals surface area contributed by atoms with Gasteiger partial charge in [-0.3, -0.25) is 4.79 Å². The van der Waals surface area contributed by atoms with Gasteiger partial charge >= 0.3 is 0 Å². The molecule has 18 heavy (non-hydrogen) atoms. The molecule has 0 bridgehead atoms. The fourth-order valence-electron chi connectivity index (χ4n) is 1.54. The average molecular weight is 329 g/mol. The molecule has 0 N–H and O–H groups in total. The minimum Gasteiger partial charge on any atom is -0.494 e. The van der Waals surface area contributed by atoms with Gasteiger partial charge in [0.15, 0.2) is 17.3 Å². The summed E-state index contributed by atoms with van der Waals surface area (Å²) in [4.78, 5) is 13.0. The lowest BCUT2D eigenvalue weighted by molar-refractivity contribution is 0.0993. The smallest absolute Gasteiger partial charge is 0.168 e. The van der Waals surface area contributed by atoms with Crippen LogP contribution in [0.15, 0.2) is 34.1 Å². The number of hydrogen-bond acceptors (Lipinski definition) is 3. The molecule has 0 atom stereocenters. The monoisotopic (exact) mass is 328 g/mol. The molecule has 94 valence electrons. The quantitative estimate of drug-likeness (QED) is 0.790. The zero-order chi connectivity index (χ0) is 13.1. The topological polar surface area (TPSA) is 26.3 Å². The van der Waals surface area contributed by atoms with Crippen LogP contribution in [0.2, 0.25) is 0 Å². The summed E-state index contributed by atoms with van der Waals surface area (Å²) < 4.78 is 19.1. The first-order valence-corrected chi connectivity index (χ1v) is 6.82. The molecule has 0 unspecified atom stereocenters. The van der Waals surface area contributed by atoms with Crippen molar-refractivity contribution in [3.8, 4) is 5.75 Å². The predicted octanol–water partition coefficient (Wildman–Crippen LogP) is 4.08. The zero-order valence-electron chi connectivity index (χ0n) is 9.57. The van der Waals surface area contributed by atoms with E-state index >= 15 is 0 Å². The summed E-state index contributed by atoms with van der Waals surface area (Å²) in [6.07, 6.45) is 0.311. The number of hydrogen-bond donors (Lipinski definition) is 0. The number of thiophene rings is 1. The molecule has 5 heteroatoms. The third-order valence-electron chi connectivity index (χ3n) is 2.44. The number of methoxy groups -OCH3 is 1. The van der Waals surface area contributed by atoms with Crippen LogP contribution >= 0.6 is 27.3 Å².